The highest BCUT2D eigenvalue weighted by atomic mass is 15.3. The second-order valence-corrected chi connectivity index (χ2v) is 7.67. The summed E-state index contributed by atoms with van der Waals surface area (Å²) < 4.78 is 2.12. The van der Waals surface area contributed by atoms with Crippen molar-refractivity contribution in [2.45, 2.75) is 26.2 Å². The maximum Gasteiger partial charge on any atom is 0.168 e. The molecular weight excluding hydrogens is 330 g/mol. The molecule has 0 radical (unpaired) electrons. The first-order valence-corrected chi connectivity index (χ1v) is 9.29. The molecule has 27 heavy (non-hydrogen) atoms. The molecule has 0 bridgehead atoms. The van der Waals surface area contributed by atoms with Crippen LogP contribution in [0.3, 0.4) is 0 Å². The fraction of sp³-hybridized carbons (Fsp3) is 0.167. The van der Waals surface area contributed by atoms with Gasteiger partial charge in [-0.25, -0.2) is 0 Å². The lowest BCUT2D eigenvalue weighted by molar-refractivity contribution is 0.660. The van der Waals surface area contributed by atoms with E-state index in [2.05, 4.69) is 83.2 Å². The maximum atomic E-state index is 4.49. The highest BCUT2D eigenvalue weighted by Crippen LogP contribution is 2.49. The number of nitrogens with zero attached hydrogens (tertiary/aromatic N) is 3. The largest absolute Gasteiger partial charge is 0.279 e. The normalized spacial score (nSPS) is 14.0. The number of aryl methyl sites for hydroxylation is 1. The molecule has 0 atom stereocenters. The van der Waals surface area contributed by atoms with Crippen LogP contribution in [0.2, 0.25) is 0 Å². The first-order chi connectivity index (χ1) is 13.1. The van der Waals surface area contributed by atoms with Crippen LogP contribution in [0.4, 0.5) is 0 Å². The summed E-state index contributed by atoms with van der Waals surface area (Å²) in [6.45, 7) is 6.59. The Hall–Kier alpha value is -3.20. The van der Waals surface area contributed by atoms with Crippen LogP contribution in [0.25, 0.3) is 28.2 Å². The van der Waals surface area contributed by atoms with Gasteiger partial charge in [0.05, 0.1) is 0 Å². The molecule has 3 aromatic carbocycles. The molecule has 0 aliphatic heterocycles. The van der Waals surface area contributed by atoms with Crippen molar-refractivity contribution in [1.29, 1.82) is 0 Å². The summed E-state index contributed by atoms with van der Waals surface area (Å²) >= 11 is 0. The number of rotatable bonds is 2. The minimum atomic E-state index is 0.0213. The zero-order chi connectivity index (χ0) is 18.6. The van der Waals surface area contributed by atoms with E-state index in [0.29, 0.717) is 0 Å². The molecule has 0 unspecified atom stereocenters. The Kier molecular flexibility index (Phi) is 3.35. The number of hydrogen-bond donors (Lipinski definition) is 0. The van der Waals surface area contributed by atoms with Crippen LogP contribution in [0.15, 0.2) is 72.8 Å². The summed E-state index contributed by atoms with van der Waals surface area (Å²) in [6, 6.07) is 25.7. The molecule has 1 aromatic heterocycles. The van der Waals surface area contributed by atoms with E-state index in [0.717, 1.165) is 22.9 Å². The molecule has 1 aliphatic carbocycles. The smallest absolute Gasteiger partial charge is 0.168 e. The lowest BCUT2D eigenvalue weighted by Gasteiger charge is -2.21. The van der Waals surface area contributed by atoms with Gasteiger partial charge in [0.2, 0.25) is 0 Å². The van der Waals surface area contributed by atoms with Gasteiger partial charge in [-0.3, -0.25) is 4.57 Å². The van der Waals surface area contributed by atoms with E-state index >= 15 is 0 Å². The predicted molar refractivity (Wildman–Crippen MR) is 109 cm³/mol. The van der Waals surface area contributed by atoms with Crippen LogP contribution >= 0.6 is 0 Å². The first kappa shape index (κ1) is 16.0. The molecule has 0 saturated heterocycles. The minimum Gasteiger partial charge on any atom is -0.279 e. The zero-order valence-corrected chi connectivity index (χ0v) is 15.8. The van der Waals surface area contributed by atoms with Crippen LogP contribution in [-0.2, 0) is 5.41 Å². The average Bonchev–Trinajstić information content (AvgIpc) is 3.19. The number of aromatic nitrogens is 3. The molecule has 5 rings (SSSR count). The molecule has 1 aliphatic rings. The van der Waals surface area contributed by atoms with Gasteiger partial charge in [0.15, 0.2) is 5.82 Å². The first-order valence-electron chi connectivity index (χ1n) is 9.29. The molecule has 0 fully saturated rings. The van der Waals surface area contributed by atoms with Gasteiger partial charge in [0.1, 0.15) is 5.82 Å². The summed E-state index contributed by atoms with van der Waals surface area (Å²) in [4.78, 5) is 0. The fourth-order valence-electron chi connectivity index (χ4n) is 4.29. The van der Waals surface area contributed by atoms with Gasteiger partial charge in [-0.2, -0.15) is 0 Å². The van der Waals surface area contributed by atoms with Crippen molar-refractivity contribution >= 4 is 0 Å². The molecular formula is C24H21N3. The number of hydrogen-bond acceptors (Lipinski definition) is 2. The quantitative estimate of drug-likeness (QED) is 0.474. The number of benzene rings is 3. The van der Waals surface area contributed by atoms with Gasteiger partial charge in [-0.1, -0.05) is 68.4 Å². The van der Waals surface area contributed by atoms with Gasteiger partial charge in [0, 0.05) is 16.7 Å². The Balaban J connectivity index is 1.72. The predicted octanol–water partition coefficient (Wildman–Crippen LogP) is 5.55. The third-order valence-corrected chi connectivity index (χ3v) is 5.68. The van der Waals surface area contributed by atoms with E-state index in [9.17, 15) is 0 Å². The van der Waals surface area contributed by atoms with Crippen molar-refractivity contribution in [2.24, 2.45) is 0 Å². The molecule has 1 heterocycles. The SMILES string of the molecule is Cc1nnc(-c2ccc3c(c2)-c2ccccc2C3(C)C)n1-c1ccccc1. The highest BCUT2D eigenvalue weighted by Gasteiger charge is 2.35. The lowest BCUT2D eigenvalue weighted by atomic mass is 9.82. The Bertz CT molecular complexity index is 1150. The van der Waals surface area contributed by atoms with E-state index in [1.54, 1.807) is 0 Å². The van der Waals surface area contributed by atoms with Crippen LogP contribution in [0.1, 0.15) is 30.8 Å². The molecule has 0 saturated carbocycles. The summed E-state index contributed by atoms with van der Waals surface area (Å²) in [7, 11) is 0. The van der Waals surface area contributed by atoms with Crippen molar-refractivity contribution in [3.8, 4) is 28.2 Å². The van der Waals surface area contributed by atoms with Crippen molar-refractivity contribution in [1.82, 2.24) is 14.8 Å². The molecule has 0 N–H and O–H groups in total. The van der Waals surface area contributed by atoms with Crippen LogP contribution in [-0.4, -0.2) is 14.8 Å². The third kappa shape index (κ3) is 2.28. The zero-order valence-electron chi connectivity index (χ0n) is 15.8. The number of fused-ring (bicyclic) bond motifs is 3. The second-order valence-electron chi connectivity index (χ2n) is 7.67. The van der Waals surface area contributed by atoms with E-state index < -0.39 is 0 Å². The molecule has 0 amide bonds. The van der Waals surface area contributed by atoms with Crippen LogP contribution in [0.5, 0.6) is 0 Å². The Morgan fingerprint density at radius 2 is 1.44 bits per heavy atom. The summed E-state index contributed by atoms with van der Waals surface area (Å²) in [5.41, 5.74) is 7.57. The Labute approximate surface area is 159 Å². The second kappa shape index (κ2) is 5.65. The lowest BCUT2D eigenvalue weighted by Crippen LogP contribution is -2.14. The van der Waals surface area contributed by atoms with Crippen molar-refractivity contribution < 1.29 is 0 Å². The van der Waals surface area contributed by atoms with Gasteiger partial charge >= 0.3 is 0 Å². The highest BCUT2D eigenvalue weighted by molar-refractivity contribution is 5.83. The molecule has 3 heteroatoms. The van der Waals surface area contributed by atoms with Crippen LogP contribution in [0, 0.1) is 6.92 Å². The maximum absolute atomic E-state index is 4.49. The Morgan fingerprint density at radius 3 is 2.26 bits per heavy atom. The molecule has 0 spiro atoms. The summed E-state index contributed by atoms with van der Waals surface area (Å²) in [6.07, 6.45) is 0. The molecule has 3 nitrogen and oxygen atoms in total. The van der Waals surface area contributed by atoms with Crippen LogP contribution < -0.4 is 0 Å². The fourth-order valence-corrected chi connectivity index (χ4v) is 4.29. The van der Waals surface area contributed by atoms with Crippen molar-refractivity contribution in [2.75, 3.05) is 0 Å². The van der Waals surface area contributed by atoms with Gasteiger partial charge in [0.25, 0.3) is 0 Å². The standard InChI is InChI=1S/C24H21N3/c1-16-25-26-23(27(16)18-9-5-4-6-10-18)17-13-14-22-20(15-17)19-11-7-8-12-21(19)24(22,2)3/h4-15H,1-3H3. The topological polar surface area (TPSA) is 30.7 Å². The van der Waals surface area contributed by atoms with Crippen molar-refractivity contribution in [3.05, 3.63) is 89.7 Å². The average molecular weight is 351 g/mol. The van der Waals surface area contributed by atoms with E-state index in [1.165, 1.54) is 22.3 Å². The van der Waals surface area contributed by atoms with E-state index in [1.807, 2.05) is 25.1 Å². The summed E-state index contributed by atoms with van der Waals surface area (Å²) in [5, 5.41) is 8.84. The monoisotopic (exact) mass is 351 g/mol. The van der Waals surface area contributed by atoms with Gasteiger partial charge in [-0.05, 0) is 47.4 Å². The molecule has 132 valence electrons. The van der Waals surface area contributed by atoms with Crippen molar-refractivity contribution in [3.63, 3.8) is 0 Å². The van der Waals surface area contributed by atoms with E-state index in [4.69, 9.17) is 0 Å². The number of para-hydroxylation sites is 1. The van der Waals surface area contributed by atoms with Gasteiger partial charge in [-0.15, -0.1) is 10.2 Å². The Morgan fingerprint density at radius 1 is 0.741 bits per heavy atom. The minimum absolute atomic E-state index is 0.0213. The molecule has 4 aromatic rings. The third-order valence-electron chi connectivity index (χ3n) is 5.68. The van der Waals surface area contributed by atoms with Gasteiger partial charge < -0.3 is 0 Å². The summed E-state index contributed by atoms with van der Waals surface area (Å²) in [5.74, 6) is 1.76. The van der Waals surface area contributed by atoms with E-state index in [-0.39, 0.29) is 5.41 Å².